The summed E-state index contributed by atoms with van der Waals surface area (Å²) < 4.78 is 10.5. The van der Waals surface area contributed by atoms with Crippen LogP contribution in [-0.4, -0.2) is 48.7 Å². The van der Waals surface area contributed by atoms with E-state index >= 15 is 0 Å². The highest BCUT2D eigenvalue weighted by molar-refractivity contribution is 5.94. The van der Waals surface area contributed by atoms with Gasteiger partial charge in [-0.2, -0.15) is 0 Å². The molecule has 1 aromatic rings. The normalized spacial score (nSPS) is 18.0. The Kier molecular flexibility index (Phi) is 5.70. The van der Waals surface area contributed by atoms with Crippen LogP contribution in [0, 0.1) is 0 Å². The molecule has 0 radical (unpaired) electrons. The first-order chi connectivity index (χ1) is 11.3. The molecule has 132 valence electrons. The molecule has 0 saturated carbocycles. The van der Waals surface area contributed by atoms with E-state index in [0.29, 0.717) is 24.4 Å². The van der Waals surface area contributed by atoms with Gasteiger partial charge in [-0.1, -0.05) is 0 Å². The lowest BCUT2D eigenvalue weighted by Gasteiger charge is -2.34. The molecular weight excluding hydrogens is 308 g/mol. The number of hydrogen-bond acceptors (Lipinski definition) is 4. The quantitative estimate of drug-likeness (QED) is 0.923. The molecule has 1 heterocycles. The predicted molar refractivity (Wildman–Crippen MR) is 91.3 cm³/mol. The van der Waals surface area contributed by atoms with Crippen molar-refractivity contribution in [2.75, 3.05) is 20.2 Å². The van der Waals surface area contributed by atoms with Crippen LogP contribution in [-0.2, 0) is 4.74 Å². The molecule has 1 atom stereocenters. The highest BCUT2D eigenvalue weighted by Crippen LogP contribution is 2.16. The van der Waals surface area contributed by atoms with Gasteiger partial charge in [-0.3, -0.25) is 4.79 Å². The molecule has 1 aromatic carbocycles. The topological polar surface area (TPSA) is 67.9 Å². The standard InChI is InChI=1S/C18H26N2O4/c1-18(2,3)24-17(22)20-11-5-6-14(12-20)19-16(21)13-7-9-15(23-4)10-8-13/h7-10,14H,5-6,11-12H2,1-4H3,(H,19,21)/t14-/m1/s1. The number of nitrogens with one attached hydrogen (secondary N) is 1. The first-order valence-electron chi connectivity index (χ1n) is 8.21. The summed E-state index contributed by atoms with van der Waals surface area (Å²) in [6.07, 6.45) is 1.36. The largest absolute Gasteiger partial charge is 0.497 e. The molecule has 1 aliphatic rings. The first kappa shape index (κ1) is 18.1. The third-order valence-corrected chi connectivity index (χ3v) is 3.76. The lowest BCUT2D eigenvalue weighted by Crippen LogP contribution is -2.50. The zero-order chi connectivity index (χ0) is 17.7. The summed E-state index contributed by atoms with van der Waals surface area (Å²) in [6.45, 7) is 6.66. The van der Waals surface area contributed by atoms with Crippen LogP contribution in [0.1, 0.15) is 44.0 Å². The maximum Gasteiger partial charge on any atom is 0.410 e. The zero-order valence-corrected chi connectivity index (χ0v) is 14.8. The van der Waals surface area contributed by atoms with E-state index in [2.05, 4.69) is 5.32 Å². The second-order valence-corrected chi connectivity index (χ2v) is 6.97. The molecular formula is C18H26N2O4. The Labute approximate surface area is 143 Å². The van der Waals surface area contributed by atoms with Crippen LogP contribution in [0.4, 0.5) is 4.79 Å². The van der Waals surface area contributed by atoms with Crippen molar-refractivity contribution in [1.29, 1.82) is 0 Å². The van der Waals surface area contributed by atoms with Gasteiger partial charge in [0.15, 0.2) is 0 Å². The lowest BCUT2D eigenvalue weighted by atomic mass is 10.1. The van der Waals surface area contributed by atoms with Gasteiger partial charge in [-0.25, -0.2) is 4.79 Å². The Morgan fingerprint density at radius 1 is 1.21 bits per heavy atom. The monoisotopic (exact) mass is 334 g/mol. The molecule has 1 N–H and O–H groups in total. The van der Waals surface area contributed by atoms with Gasteiger partial charge in [0.05, 0.1) is 7.11 Å². The van der Waals surface area contributed by atoms with E-state index in [4.69, 9.17) is 9.47 Å². The van der Waals surface area contributed by atoms with Gasteiger partial charge in [0.2, 0.25) is 0 Å². The second kappa shape index (κ2) is 7.55. The molecule has 6 heteroatoms. The fourth-order valence-corrected chi connectivity index (χ4v) is 2.60. The van der Waals surface area contributed by atoms with Gasteiger partial charge in [-0.05, 0) is 57.9 Å². The Hall–Kier alpha value is -2.24. The Morgan fingerprint density at radius 3 is 2.46 bits per heavy atom. The third kappa shape index (κ3) is 5.15. The van der Waals surface area contributed by atoms with Crippen LogP contribution in [0.15, 0.2) is 24.3 Å². The van der Waals surface area contributed by atoms with Crippen molar-refractivity contribution in [3.63, 3.8) is 0 Å². The number of piperidine rings is 1. The van der Waals surface area contributed by atoms with Crippen LogP contribution >= 0.6 is 0 Å². The van der Waals surface area contributed by atoms with Crippen LogP contribution in [0.3, 0.4) is 0 Å². The summed E-state index contributed by atoms with van der Waals surface area (Å²) in [5, 5.41) is 2.99. The summed E-state index contributed by atoms with van der Waals surface area (Å²) in [5.74, 6) is 0.564. The summed E-state index contributed by atoms with van der Waals surface area (Å²) in [7, 11) is 1.59. The molecule has 2 amide bonds. The Bertz CT molecular complexity index is 578. The van der Waals surface area contributed by atoms with Crippen molar-refractivity contribution in [1.82, 2.24) is 10.2 Å². The fraction of sp³-hybridized carbons (Fsp3) is 0.556. The van der Waals surface area contributed by atoms with E-state index in [-0.39, 0.29) is 18.0 Å². The van der Waals surface area contributed by atoms with E-state index in [1.807, 2.05) is 20.8 Å². The minimum absolute atomic E-state index is 0.0686. The SMILES string of the molecule is COc1ccc(C(=O)N[C@@H]2CCCN(C(=O)OC(C)(C)C)C2)cc1. The molecule has 0 unspecified atom stereocenters. The van der Waals surface area contributed by atoms with Gasteiger partial charge >= 0.3 is 6.09 Å². The summed E-state index contributed by atoms with van der Waals surface area (Å²) in [5.41, 5.74) is 0.0568. The predicted octanol–water partition coefficient (Wildman–Crippen LogP) is 2.82. The molecule has 0 aliphatic carbocycles. The number of rotatable bonds is 3. The number of carbonyl (C=O) groups excluding carboxylic acids is 2. The van der Waals surface area contributed by atoms with E-state index < -0.39 is 5.60 Å². The van der Waals surface area contributed by atoms with Crippen LogP contribution in [0.25, 0.3) is 0 Å². The van der Waals surface area contributed by atoms with E-state index in [0.717, 1.165) is 12.8 Å². The molecule has 1 aliphatic heterocycles. The Morgan fingerprint density at radius 2 is 1.88 bits per heavy atom. The van der Waals surface area contributed by atoms with E-state index in [1.54, 1.807) is 36.3 Å². The van der Waals surface area contributed by atoms with Crippen molar-refractivity contribution in [2.24, 2.45) is 0 Å². The fourth-order valence-electron chi connectivity index (χ4n) is 2.60. The van der Waals surface area contributed by atoms with E-state index in [1.165, 1.54) is 0 Å². The molecule has 1 fully saturated rings. The minimum atomic E-state index is -0.517. The summed E-state index contributed by atoms with van der Waals surface area (Å²) in [4.78, 5) is 26.2. The number of benzene rings is 1. The lowest BCUT2D eigenvalue weighted by molar-refractivity contribution is 0.0185. The summed E-state index contributed by atoms with van der Waals surface area (Å²) >= 11 is 0. The number of hydrogen-bond donors (Lipinski definition) is 1. The van der Waals surface area contributed by atoms with Crippen molar-refractivity contribution < 1.29 is 19.1 Å². The maximum atomic E-state index is 12.3. The maximum absolute atomic E-state index is 12.3. The van der Waals surface area contributed by atoms with Gasteiger partial charge < -0.3 is 19.7 Å². The average molecular weight is 334 g/mol. The number of methoxy groups -OCH3 is 1. The molecule has 2 rings (SSSR count). The number of nitrogens with zero attached hydrogens (tertiary/aromatic N) is 1. The summed E-state index contributed by atoms with van der Waals surface area (Å²) in [6, 6.07) is 6.89. The third-order valence-electron chi connectivity index (χ3n) is 3.76. The zero-order valence-electron chi connectivity index (χ0n) is 14.8. The molecule has 0 bridgehead atoms. The second-order valence-electron chi connectivity index (χ2n) is 6.97. The molecule has 0 spiro atoms. The molecule has 24 heavy (non-hydrogen) atoms. The van der Waals surface area contributed by atoms with Crippen molar-refractivity contribution in [3.05, 3.63) is 29.8 Å². The van der Waals surface area contributed by atoms with Crippen molar-refractivity contribution in [3.8, 4) is 5.75 Å². The van der Waals surface area contributed by atoms with Crippen LogP contribution in [0.5, 0.6) is 5.75 Å². The van der Waals surface area contributed by atoms with Crippen molar-refractivity contribution in [2.45, 2.75) is 45.3 Å². The molecule has 1 saturated heterocycles. The minimum Gasteiger partial charge on any atom is -0.497 e. The number of likely N-dealkylation sites (tertiary alicyclic amines) is 1. The van der Waals surface area contributed by atoms with E-state index in [9.17, 15) is 9.59 Å². The van der Waals surface area contributed by atoms with Gasteiger partial charge in [0, 0.05) is 24.7 Å². The number of ether oxygens (including phenoxy) is 2. The average Bonchev–Trinajstić information content (AvgIpc) is 2.53. The van der Waals surface area contributed by atoms with Gasteiger partial charge in [0.1, 0.15) is 11.4 Å². The molecule has 0 aromatic heterocycles. The van der Waals surface area contributed by atoms with Gasteiger partial charge in [0.25, 0.3) is 5.91 Å². The molecule has 6 nitrogen and oxygen atoms in total. The number of carbonyl (C=O) groups is 2. The first-order valence-corrected chi connectivity index (χ1v) is 8.21. The highest BCUT2D eigenvalue weighted by Gasteiger charge is 2.28. The van der Waals surface area contributed by atoms with Crippen LogP contribution < -0.4 is 10.1 Å². The number of amides is 2. The van der Waals surface area contributed by atoms with Crippen molar-refractivity contribution >= 4 is 12.0 Å². The van der Waals surface area contributed by atoms with Crippen LogP contribution in [0.2, 0.25) is 0 Å². The van der Waals surface area contributed by atoms with Gasteiger partial charge in [-0.15, -0.1) is 0 Å². The highest BCUT2D eigenvalue weighted by atomic mass is 16.6. The smallest absolute Gasteiger partial charge is 0.410 e. The Balaban J connectivity index is 1.92.